The van der Waals surface area contributed by atoms with Crippen molar-refractivity contribution in [2.45, 2.75) is 19.3 Å². The molecule has 0 bridgehead atoms. The molecule has 2 aromatic rings. The van der Waals surface area contributed by atoms with Gasteiger partial charge in [0.2, 0.25) is 5.91 Å². The second kappa shape index (κ2) is 7.45. The third kappa shape index (κ3) is 4.10. The number of nitrogens with zero attached hydrogens (tertiary/aromatic N) is 1. The number of rotatable bonds is 6. The van der Waals surface area contributed by atoms with Crippen molar-refractivity contribution in [1.29, 1.82) is 0 Å². The Morgan fingerprint density at radius 1 is 1.23 bits per heavy atom. The molecule has 1 N–H and O–H groups in total. The number of nitrogens with one attached hydrogen (secondary N) is 1. The summed E-state index contributed by atoms with van der Waals surface area (Å²) in [5, 5.41) is 5.16. The fraction of sp³-hybridized carbons (Fsp3) is 0.389. The van der Waals surface area contributed by atoms with E-state index in [1.165, 1.54) is 10.6 Å². The smallest absolute Gasteiger partial charge is 0.220 e. The molecule has 2 heterocycles. The maximum Gasteiger partial charge on any atom is 0.220 e. The van der Waals surface area contributed by atoms with Crippen LogP contribution in [-0.4, -0.2) is 25.5 Å². The van der Waals surface area contributed by atoms with Gasteiger partial charge in [-0.05, 0) is 42.3 Å². The van der Waals surface area contributed by atoms with E-state index >= 15 is 0 Å². The molecule has 0 spiro atoms. The first-order valence-electron chi connectivity index (χ1n) is 7.90. The monoisotopic (exact) mass is 314 g/mol. The van der Waals surface area contributed by atoms with Crippen LogP contribution in [0.3, 0.4) is 0 Å². The Labute approximate surface area is 136 Å². The van der Waals surface area contributed by atoms with Crippen LogP contribution in [0.2, 0.25) is 0 Å². The minimum Gasteiger partial charge on any atom is -0.371 e. The van der Waals surface area contributed by atoms with Gasteiger partial charge in [-0.25, -0.2) is 0 Å². The van der Waals surface area contributed by atoms with Gasteiger partial charge in [-0.3, -0.25) is 4.79 Å². The molecule has 4 heteroatoms. The Bertz CT molecular complexity index is 582. The van der Waals surface area contributed by atoms with Crippen LogP contribution in [0.1, 0.15) is 17.7 Å². The molecule has 1 aromatic heterocycles. The van der Waals surface area contributed by atoms with Gasteiger partial charge in [-0.15, -0.1) is 11.3 Å². The molecular weight excluding hydrogens is 292 g/mol. The van der Waals surface area contributed by atoms with E-state index in [1.54, 1.807) is 11.3 Å². The minimum absolute atomic E-state index is 0.173. The summed E-state index contributed by atoms with van der Waals surface area (Å²) in [5.41, 5.74) is 1.29. The van der Waals surface area contributed by atoms with Crippen molar-refractivity contribution >= 4 is 22.9 Å². The zero-order valence-corrected chi connectivity index (χ0v) is 13.5. The maximum absolute atomic E-state index is 11.9. The maximum atomic E-state index is 11.9. The molecule has 1 saturated heterocycles. The van der Waals surface area contributed by atoms with Gasteiger partial charge in [0, 0.05) is 36.6 Å². The average molecular weight is 314 g/mol. The van der Waals surface area contributed by atoms with E-state index in [1.807, 2.05) is 12.1 Å². The van der Waals surface area contributed by atoms with Crippen molar-refractivity contribution in [2.24, 2.45) is 5.92 Å². The van der Waals surface area contributed by atoms with Crippen molar-refractivity contribution in [2.75, 3.05) is 24.5 Å². The number of carbonyl (C=O) groups excluding carboxylic acids is 1. The SMILES string of the molecule is O=C(CCc1cccs1)NC[C@H]1CCN(c2ccccc2)C1. The summed E-state index contributed by atoms with van der Waals surface area (Å²) in [6.45, 7) is 2.92. The van der Waals surface area contributed by atoms with Gasteiger partial charge in [0.05, 0.1) is 0 Å². The molecule has 116 valence electrons. The molecule has 1 aliphatic rings. The highest BCUT2D eigenvalue weighted by atomic mass is 32.1. The molecule has 0 radical (unpaired) electrons. The second-order valence-electron chi connectivity index (χ2n) is 5.82. The van der Waals surface area contributed by atoms with Gasteiger partial charge in [-0.2, -0.15) is 0 Å². The zero-order chi connectivity index (χ0) is 15.2. The van der Waals surface area contributed by atoms with Gasteiger partial charge in [0.1, 0.15) is 0 Å². The number of hydrogen-bond donors (Lipinski definition) is 1. The summed E-state index contributed by atoms with van der Waals surface area (Å²) >= 11 is 1.72. The van der Waals surface area contributed by atoms with Crippen LogP contribution in [0.4, 0.5) is 5.69 Å². The molecule has 1 aliphatic heterocycles. The normalized spacial score (nSPS) is 17.6. The van der Waals surface area contributed by atoms with Crippen LogP contribution in [0.15, 0.2) is 47.8 Å². The van der Waals surface area contributed by atoms with Crippen molar-refractivity contribution < 1.29 is 4.79 Å². The molecule has 0 aliphatic carbocycles. The number of benzene rings is 1. The lowest BCUT2D eigenvalue weighted by Gasteiger charge is -2.18. The molecule has 0 unspecified atom stereocenters. The van der Waals surface area contributed by atoms with Crippen molar-refractivity contribution in [3.63, 3.8) is 0 Å². The van der Waals surface area contributed by atoms with Crippen molar-refractivity contribution in [3.05, 3.63) is 52.7 Å². The second-order valence-corrected chi connectivity index (χ2v) is 6.85. The highest BCUT2D eigenvalue weighted by molar-refractivity contribution is 7.09. The summed E-state index contributed by atoms with van der Waals surface area (Å²) in [6, 6.07) is 14.6. The molecule has 1 atom stereocenters. The standard InChI is InChI=1S/C18H22N2OS/c21-18(9-8-17-7-4-12-22-17)19-13-15-10-11-20(14-15)16-5-2-1-3-6-16/h1-7,12,15H,8-11,13-14H2,(H,19,21)/t15-/m1/s1. The van der Waals surface area contributed by atoms with E-state index in [4.69, 9.17) is 0 Å². The molecule has 3 rings (SSSR count). The van der Waals surface area contributed by atoms with Crippen LogP contribution < -0.4 is 10.2 Å². The highest BCUT2D eigenvalue weighted by Crippen LogP contribution is 2.23. The van der Waals surface area contributed by atoms with Crippen LogP contribution in [0.25, 0.3) is 0 Å². The van der Waals surface area contributed by atoms with Crippen LogP contribution >= 0.6 is 11.3 Å². The van der Waals surface area contributed by atoms with Crippen molar-refractivity contribution in [1.82, 2.24) is 5.32 Å². The highest BCUT2D eigenvalue weighted by Gasteiger charge is 2.22. The van der Waals surface area contributed by atoms with E-state index in [0.717, 1.165) is 32.5 Å². The number of amides is 1. The van der Waals surface area contributed by atoms with E-state index in [2.05, 4.69) is 45.9 Å². The van der Waals surface area contributed by atoms with Gasteiger partial charge in [0.25, 0.3) is 0 Å². The number of anilines is 1. The Morgan fingerprint density at radius 3 is 2.86 bits per heavy atom. The number of para-hydroxylation sites is 1. The predicted molar refractivity (Wildman–Crippen MR) is 92.4 cm³/mol. The molecule has 1 aromatic carbocycles. The summed E-state index contributed by atoms with van der Waals surface area (Å²) in [4.78, 5) is 15.6. The lowest BCUT2D eigenvalue weighted by atomic mass is 10.1. The quantitative estimate of drug-likeness (QED) is 0.887. The molecule has 0 saturated carbocycles. The van der Waals surface area contributed by atoms with Crippen LogP contribution in [0, 0.1) is 5.92 Å². The molecule has 1 amide bonds. The topological polar surface area (TPSA) is 32.3 Å². The van der Waals surface area contributed by atoms with Gasteiger partial charge in [0.15, 0.2) is 0 Å². The Balaban J connectivity index is 1.38. The lowest BCUT2D eigenvalue weighted by Crippen LogP contribution is -2.31. The zero-order valence-electron chi connectivity index (χ0n) is 12.7. The Kier molecular flexibility index (Phi) is 5.11. The van der Waals surface area contributed by atoms with E-state index in [9.17, 15) is 4.79 Å². The van der Waals surface area contributed by atoms with Gasteiger partial charge >= 0.3 is 0 Å². The molecule has 3 nitrogen and oxygen atoms in total. The first kappa shape index (κ1) is 15.1. The van der Waals surface area contributed by atoms with Gasteiger partial charge in [-0.1, -0.05) is 24.3 Å². The molecule has 22 heavy (non-hydrogen) atoms. The Morgan fingerprint density at radius 2 is 2.09 bits per heavy atom. The first-order valence-corrected chi connectivity index (χ1v) is 8.78. The summed E-state index contributed by atoms with van der Waals surface area (Å²) < 4.78 is 0. The predicted octanol–water partition coefficient (Wildman–Crippen LogP) is 3.32. The summed E-state index contributed by atoms with van der Waals surface area (Å²) in [5.74, 6) is 0.734. The number of thiophene rings is 1. The minimum atomic E-state index is 0.173. The fourth-order valence-corrected chi connectivity index (χ4v) is 3.62. The third-order valence-corrected chi connectivity index (χ3v) is 5.11. The third-order valence-electron chi connectivity index (χ3n) is 4.17. The van der Waals surface area contributed by atoms with E-state index in [-0.39, 0.29) is 5.91 Å². The average Bonchev–Trinajstić information content (AvgIpc) is 3.23. The fourth-order valence-electron chi connectivity index (χ4n) is 2.91. The number of carbonyl (C=O) groups is 1. The van der Waals surface area contributed by atoms with Gasteiger partial charge < -0.3 is 10.2 Å². The Hall–Kier alpha value is -1.81. The van der Waals surface area contributed by atoms with Crippen LogP contribution in [-0.2, 0) is 11.2 Å². The lowest BCUT2D eigenvalue weighted by molar-refractivity contribution is -0.121. The largest absolute Gasteiger partial charge is 0.371 e. The first-order chi connectivity index (χ1) is 10.8. The van der Waals surface area contributed by atoms with Crippen molar-refractivity contribution in [3.8, 4) is 0 Å². The number of hydrogen-bond acceptors (Lipinski definition) is 3. The molecule has 1 fully saturated rings. The van der Waals surface area contributed by atoms with E-state index in [0.29, 0.717) is 12.3 Å². The number of aryl methyl sites for hydroxylation is 1. The summed E-state index contributed by atoms with van der Waals surface area (Å²) in [6.07, 6.45) is 2.60. The van der Waals surface area contributed by atoms with Crippen LogP contribution in [0.5, 0.6) is 0 Å². The molecular formula is C18H22N2OS. The summed E-state index contributed by atoms with van der Waals surface area (Å²) in [7, 11) is 0. The van der Waals surface area contributed by atoms with E-state index < -0.39 is 0 Å².